The van der Waals surface area contributed by atoms with Gasteiger partial charge in [-0.05, 0) is 128 Å². The van der Waals surface area contributed by atoms with Crippen LogP contribution >= 0.6 is 15.6 Å². The fourth-order valence-electron chi connectivity index (χ4n) is 10.8. The first-order chi connectivity index (χ1) is 51.7. The maximum absolute atomic E-state index is 13.1. The van der Waals surface area contributed by atoms with Crippen molar-refractivity contribution in [1.29, 1.82) is 0 Å². The van der Waals surface area contributed by atoms with E-state index >= 15 is 0 Å². The Labute approximate surface area is 644 Å². The predicted octanol–water partition coefficient (Wildman–Crippen LogP) is 24.4. The van der Waals surface area contributed by atoms with Gasteiger partial charge in [-0.1, -0.05) is 315 Å². The summed E-state index contributed by atoms with van der Waals surface area (Å²) in [6.07, 6.45) is 88.8. The smallest absolute Gasteiger partial charge is 0.462 e. The van der Waals surface area contributed by atoms with Crippen LogP contribution in [0, 0.1) is 0 Å². The largest absolute Gasteiger partial charge is 0.472 e. The lowest BCUT2D eigenvalue weighted by atomic mass is 10.0. The van der Waals surface area contributed by atoms with Crippen LogP contribution in [0.4, 0.5) is 0 Å². The van der Waals surface area contributed by atoms with Crippen LogP contribution in [0.2, 0.25) is 0 Å². The first-order valence-electron chi connectivity index (χ1n) is 41.4. The van der Waals surface area contributed by atoms with Gasteiger partial charge in [0.15, 0.2) is 12.2 Å². The molecular formula is C87H148O17P2. The zero-order valence-corrected chi connectivity index (χ0v) is 68.4. The molecule has 0 aliphatic rings. The van der Waals surface area contributed by atoms with E-state index in [2.05, 4.69) is 131 Å². The van der Waals surface area contributed by atoms with Gasteiger partial charge in [-0.25, -0.2) is 9.13 Å². The topological polar surface area (TPSA) is 237 Å². The third-order valence-corrected chi connectivity index (χ3v) is 19.0. The van der Waals surface area contributed by atoms with Crippen LogP contribution in [-0.4, -0.2) is 96.7 Å². The van der Waals surface area contributed by atoms with E-state index in [0.29, 0.717) is 38.5 Å². The Morgan fingerprint density at radius 2 is 0.481 bits per heavy atom. The SMILES string of the molecule is CCCCC/C=C\C/C=C\C/C=C\C/C=C\C/C=C\CCC(=O)OC[C@H](COP(=O)(O)OC[C@@H](O)COP(=O)(O)OC[C@@H](COC(=O)CCCCCCCCCCCCCCC)OC(=O)CC/C=C\C/C=C\C/C=C\C/C=C\C/C=C\CCCCC)OC(=O)CCCCCCC/C=C\CCCCCCCC. The van der Waals surface area contributed by atoms with Gasteiger partial charge in [-0.3, -0.25) is 37.3 Å². The van der Waals surface area contributed by atoms with Crippen LogP contribution in [0.3, 0.4) is 0 Å². The zero-order chi connectivity index (χ0) is 77.4. The van der Waals surface area contributed by atoms with Crippen LogP contribution in [0.15, 0.2) is 134 Å². The Hall–Kier alpha value is -4.80. The summed E-state index contributed by atoms with van der Waals surface area (Å²) in [6.45, 7) is 4.66. The van der Waals surface area contributed by atoms with Crippen molar-refractivity contribution >= 4 is 39.5 Å². The van der Waals surface area contributed by atoms with Crippen molar-refractivity contribution in [2.45, 2.75) is 354 Å². The Kier molecular flexibility index (Phi) is 74.8. The molecular weight excluding hydrogens is 1380 g/mol. The van der Waals surface area contributed by atoms with Gasteiger partial charge in [0.2, 0.25) is 0 Å². The third-order valence-electron chi connectivity index (χ3n) is 17.1. The van der Waals surface area contributed by atoms with Crippen LogP contribution in [0.25, 0.3) is 0 Å². The van der Waals surface area contributed by atoms with Crippen LogP contribution in [0.5, 0.6) is 0 Å². The van der Waals surface area contributed by atoms with E-state index in [1.54, 1.807) is 0 Å². The van der Waals surface area contributed by atoms with E-state index in [1.807, 2.05) is 30.4 Å². The Morgan fingerprint density at radius 1 is 0.264 bits per heavy atom. The lowest BCUT2D eigenvalue weighted by Crippen LogP contribution is -2.30. The average Bonchev–Trinajstić information content (AvgIpc) is 0.902. The summed E-state index contributed by atoms with van der Waals surface area (Å²) in [6, 6.07) is 0. The molecule has 0 rings (SSSR count). The molecule has 0 aromatic heterocycles. The molecule has 19 heteroatoms. The zero-order valence-electron chi connectivity index (χ0n) is 66.6. The minimum atomic E-state index is -5.00. The Balaban J connectivity index is 5.49. The molecule has 0 heterocycles. The molecule has 0 radical (unpaired) electrons. The number of unbranched alkanes of at least 4 members (excludes halogenated alkanes) is 29. The molecule has 0 spiro atoms. The van der Waals surface area contributed by atoms with E-state index < -0.39 is 97.5 Å². The van der Waals surface area contributed by atoms with Crippen molar-refractivity contribution in [3.63, 3.8) is 0 Å². The molecule has 106 heavy (non-hydrogen) atoms. The molecule has 0 saturated carbocycles. The van der Waals surface area contributed by atoms with E-state index in [4.69, 9.17) is 37.0 Å². The number of phosphoric ester groups is 2. The lowest BCUT2D eigenvalue weighted by molar-refractivity contribution is -0.161. The summed E-state index contributed by atoms with van der Waals surface area (Å²) in [5.74, 6) is -2.37. The van der Waals surface area contributed by atoms with Crippen molar-refractivity contribution in [2.24, 2.45) is 0 Å². The summed E-state index contributed by atoms with van der Waals surface area (Å²) >= 11 is 0. The molecule has 17 nitrogen and oxygen atoms in total. The van der Waals surface area contributed by atoms with Crippen LogP contribution in [0.1, 0.15) is 336 Å². The van der Waals surface area contributed by atoms with Gasteiger partial charge in [0.05, 0.1) is 26.4 Å². The standard InChI is InChI=1S/C87H148O17P2/c1-5-9-13-17-21-25-29-33-36-38-40-42-45-48-52-56-60-64-68-72-85(90)98-78-83(103-86(91)73-69-65-61-57-53-49-44-35-31-27-23-19-15-11-7-3)80-102-106(95,96)100-76-81(88)75-99-105(93,94)101-79-82(77-97-84(89)71-67-63-59-55-51-47-32-28-24-20-16-12-8-4)104-87(92)74-70-66-62-58-54-50-46-43-41-39-37-34-30-26-22-18-14-10-6-2/h21-22,25-26,33-37,40-44,48,50,52,54,60,62,64,66,81-83,88H,5-20,23-24,27-32,38-39,45-47,49,51,53,55-59,61,63,65,67-80H2,1-4H3,(H,93,94)(H,95,96)/b25-21-,26-22-,36-33-,37-34-,42-40-,43-41-,44-35-,52-48-,54-50-,64-60-,66-62-/t81-,82+,83+/m0/s1. The second-order valence-corrected chi connectivity index (χ2v) is 30.3. The number of carbonyl (C=O) groups is 4. The third kappa shape index (κ3) is 77.4. The van der Waals surface area contributed by atoms with Crippen molar-refractivity contribution in [2.75, 3.05) is 39.6 Å². The lowest BCUT2D eigenvalue weighted by Gasteiger charge is -2.21. The molecule has 5 atom stereocenters. The van der Waals surface area contributed by atoms with Crippen LogP contribution in [-0.2, 0) is 65.4 Å². The monoisotopic (exact) mass is 1530 g/mol. The number of aliphatic hydroxyl groups is 1. The van der Waals surface area contributed by atoms with Gasteiger partial charge < -0.3 is 33.8 Å². The minimum absolute atomic E-state index is 0.0309. The highest BCUT2D eigenvalue weighted by Crippen LogP contribution is 2.45. The number of ether oxygens (including phenoxy) is 4. The molecule has 3 N–H and O–H groups in total. The highest BCUT2D eigenvalue weighted by atomic mass is 31.2. The molecule has 0 aromatic carbocycles. The Morgan fingerprint density at radius 3 is 0.811 bits per heavy atom. The highest BCUT2D eigenvalue weighted by Gasteiger charge is 2.30. The van der Waals surface area contributed by atoms with Crippen molar-refractivity contribution in [3.8, 4) is 0 Å². The molecule has 0 amide bonds. The predicted molar refractivity (Wildman–Crippen MR) is 436 cm³/mol. The van der Waals surface area contributed by atoms with E-state index in [-0.39, 0.29) is 25.7 Å². The normalized spacial score (nSPS) is 14.5. The fourth-order valence-corrected chi connectivity index (χ4v) is 12.3. The summed E-state index contributed by atoms with van der Waals surface area (Å²) < 4.78 is 68.5. The molecule has 2 unspecified atom stereocenters. The van der Waals surface area contributed by atoms with Crippen LogP contribution < -0.4 is 0 Å². The van der Waals surface area contributed by atoms with Gasteiger partial charge in [0, 0.05) is 25.7 Å². The van der Waals surface area contributed by atoms with Crippen molar-refractivity contribution < 1.29 is 80.2 Å². The first-order valence-corrected chi connectivity index (χ1v) is 44.4. The fraction of sp³-hybridized carbons (Fsp3) is 0.701. The molecule has 0 saturated heterocycles. The van der Waals surface area contributed by atoms with Crippen molar-refractivity contribution in [1.82, 2.24) is 0 Å². The summed E-state index contributed by atoms with van der Waals surface area (Å²) in [4.78, 5) is 73.0. The number of hydrogen-bond acceptors (Lipinski definition) is 15. The molecule has 0 fully saturated rings. The first kappa shape index (κ1) is 101. The number of aliphatic hydroxyl groups excluding tert-OH is 1. The number of rotatable bonds is 77. The molecule has 0 aliphatic carbocycles. The molecule has 608 valence electrons. The summed E-state index contributed by atoms with van der Waals surface area (Å²) in [5.41, 5.74) is 0. The van der Waals surface area contributed by atoms with Crippen molar-refractivity contribution in [3.05, 3.63) is 134 Å². The number of phosphoric acid groups is 2. The minimum Gasteiger partial charge on any atom is -0.462 e. The second kappa shape index (κ2) is 78.3. The van der Waals surface area contributed by atoms with E-state index in [0.717, 1.165) is 116 Å². The average molecular weight is 1530 g/mol. The number of allylic oxidation sites excluding steroid dienone is 22. The second-order valence-electron chi connectivity index (χ2n) is 27.4. The van der Waals surface area contributed by atoms with Gasteiger partial charge in [-0.2, -0.15) is 0 Å². The molecule has 0 aliphatic heterocycles. The molecule has 0 bridgehead atoms. The van der Waals surface area contributed by atoms with Gasteiger partial charge in [0.25, 0.3) is 0 Å². The molecule has 0 aromatic rings. The highest BCUT2D eigenvalue weighted by molar-refractivity contribution is 7.47. The Bertz CT molecular complexity index is 2530. The van der Waals surface area contributed by atoms with Gasteiger partial charge in [0.1, 0.15) is 19.3 Å². The van der Waals surface area contributed by atoms with Gasteiger partial charge in [-0.15, -0.1) is 0 Å². The maximum atomic E-state index is 13.1. The maximum Gasteiger partial charge on any atom is 0.472 e. The number of esters is 4. The summed E-state index contributed by atoms with van der Waals surface area (Å²) in [5, 5.41) is 10.6. The number of hydrogen-bond donors (Lipinski definition) is 3. The van der Waals surface area contributed by atoms with E-state index in [9.17, 15) is 43.2 Å². The van der Waals surface area contributed by atoms with E-state index in [1.165, 1.54) is 128 Å². The van der Waals surface area contributed by atoms with Gasteiger partial charge >= 0.3 is 39.5 Å². The number of carbonyl (C=O) groups excluding carboxylic acids is 4. The quantitative estimate of drug-likeness (QED) is 0.0169. The summed E-state index contributed by atoms with van der Waals surface area (Å²) in [7, 11) is -10.0.